The van der Waals surface area contributed by atoms with Crippen LogP contribution in [-0.4, -0.2) is 28.6 Å². The van der Waals surface area contributed by atoms with Gasteiger partial charge >= 0.3 is 6.03 Å². The summed E-state index contributed by atoms with van der Waals surface area (Å²) >= 11 is 3.33. The Labute approximate surface area is 136 Å². The molecule has 2 saturated heterocycles. The molecule has 2 atom stereocenters. The van der Waals surface area contributed by atoms with Gasteiger partial charge in [0.15, 0.2) is 0 Å². The second-order valence-electron chi connectivity index (χ2n) is 5.37. The lowest BCUT2D eigenvalue weighted by Crippen LogP contribution is -2.33. The topological polar surface area (TPSA) is 40.6 Å². The van der Waals surface area contributed by atoms with Crippen molar-refractivity contribution in [3.05, 3.63) is 52.2 Å². The highest BCUT2D eigenvalue weighted by Crippen LogP contribution is 2.48. The molecule has 2 aliphatic heterocycles. The molecule has 2 fully saturated rings. The number of hydrogen-bond acceptors (Lipinski definition) is 4. The lowest BCUT2D eigenvalue weighted by molar-refractivity contribution is -0.119. The molecule has 4 nitrogen and oxygen atoms in total. The first kappa shape index (κ1) is 13.8. The Morgan fingerprint density at radius 3 is 2.59 bits per heavy atom. The van der Waals surface area contributed by atoms with Crippen LogP contribution in [0.25, 0.3) is 0 Å². The smallest absolute Gasteiger partial charge is 0.294 e. The van der Waals surface area contributed by atoms with Gasteiger partial charge in [0.2, 0.25) is 0 Å². The van der Waals surface area contributed by atoms with Gasteiger partial charge in [0.05, 0.1) is 5.69 Å². The zero-order chi connectivity index (χ0) is 15.3. The summed E-state index contributed by atoms with van der Waals surface area (Å²) in [5, 5.41) is 1.99. The summed E-state index contributed by atoms with van der Waals surface area (Å²) in [4.78, 5) is 29.7. The maximum Gasteiger partial charge on any atom is 0.333 e. The Morgan fingerprint density at radius 2 is 1.91 bits per heavy atom. The molecular formula is C16H14N2O2S2. The number of nitrogens with zero attached hydrogens (tertiary/aromatic N) is 2. The Kier molecular flexibility index (Phi) is 3.23. The summed E-state index contributed by atoms with van der Waals surface area (Å²) in [5.41, 5.74) is 1.83. The van der Waals surface area contributed by atoms with Crippen LogP contribution >= 0.6 is 23.1 Å². The number of amides is 3. The van der Waals surface area contributed by atoms with Crippen molar-refractivity contribution < 1.29 is 9.59 Å². The molecule has 0 radical (unpaired) electrons. The molecule has 0 unspecified atom stereocenters. The minimum atomic E-state index is -0.343. The molecule has 3 amide bonds. The quantitative estimate of drug-likeness (QED) is 0.789. The van der Waals surface area contributed by atoms with Crippen molar-refractivity contribution in [2.75, 3.05) is 10.7 Å². The molecule has 0 N–H and O–H groups in total. The van der Waals surface area contributed by atoms with E-state index in [0.29, 0.717) is 11.4 Å². The van der Waals surface area contributed by atoms with E-state index < -0.39 is 0 Å². The fourth-order valence-electron chi connectivity index (χ4n) is 2.94. The normalized spacial score (nSPS) is 24.2. The molecule has 0 saturated carbocycles. The predicted molar refractivity (Wildman–Crippen MR) is 89.2 cm³/mol. The van der Waals surface area contributed by atoms with Crippen LogP contribution in [0.2, 0.25) is 0 Å². The van der Waals surface area contributed by atoms with Gasteiger partial charge in [-0.25, -0.2) is 9.69 Å². The van der Waals surface area contributed by atoms with Crippen molar-refractivity contribution in [1.29, 1.82) is 0 Å². The number of urea groups is 1. The average Bonchev–Trinajstić information content (AvgIpc) is 3.18. The average molecular weight is 330 g/mol. The van der Waals surface area contributed by atoms with Gasteiger partial charge in [-0.2, -0.15) is 0 Å². The lowest BCUT2D eigenvalue weighted by atomic mass is 10.2. The summed E-state index contributed by atoms with van der Waals surface area (Å²) in [5.74, 6) is 0.552. The number of aryl methyl sites for hydroxylation is 1. The SMILES string of the molecule is Cc1ccsc1[C@H]1SC[C@H]2C(=O)N(c3ccccc3)C(=O)N12. The van der Waals surface area contributed by atoms with Crippen LogP contribution in [0, 0.1) is 6.92 Å². The van der Waals surface area contributed by atoms with Crippen LogP contribution in [0.5, 0.6) is 0 Å². The van der Waals surface area contributed by atoms with Gasteiger partial charge in [0.1, 0.15) is 11.4 Å². The van der Waals surface area contributed by atoms with E-state index in [0.717, 1.165) is 0 Å². The third kappa shape index (κ3) is 1.90. The van der Waals surface area contributed by atoms with Gasteiger partial charge in [-0.15, -0.1) is 23.1 Å². The van der Waals surface area contributed by atoms with Crippen LogP contribution < -0.4 is 4.90 Å². The number of fused-ring (bicyclic) bond motifs is 1. The van der Waals surface area contributed by atoms with Crippen molar-refractivity contribution in [1.82, 2.24) is 4.90 Å². The van der Waals surface area contributed by atoms with E-state index in [9.17, 15) is 9.59 Å². The molecule has 2 aliphatic rings. The molecule has 1 aromatic heterocycles. The number of para-hydroxylation sites is 1. The van der Waals surface area contributed by atoms with Gasteiger partial charge in [-0.05, 0) is 36.1 Å². The van der Waals surface area contributed by atoms with E-state index in [2.05, 4.69) is 13.0 Å². The number of benzene rings is 1. The van der Waals surface area contributed by atoms with Crippen LogP contribution in [0.15, 0.2) is 41.8 Å². The van der Waals surface area contributed by atoms with E-state index in [-0.39, 0.29) is 23.4 Å². The number of anilines is 1. The predicted octanol–water partition coefficient (Wildman–Crippen LogP) is 3.64. The first-order valence-corrected chi connectivity index (χ1v) is 8.98. The largest absolute Gasteiger partial charge is 0.333 e. The molecule has 2 aromatic rings. The van der Waals surface area contributed by atoms with E-state index >= 15 is 0 Å². The highest BCUT2D eigenvalue weighted by Gasteiger charge is 2.53. The van der Waals surface area contributed by atoms with Crippen molar-refractivity contribution >= 4 is 40.7 Å². The van der Waals surface area contributed by atoms with E-state index in [1.165, 1.54) is 15.3 Å². The molecule has 4 rings (SSSR count). The van der Waals surface area contributed by atoms with Gasteiger partial charge < -0.3 is 0 Å². The molecule has 0 bridgehead atoms. The Bertz CT molecular complexity index is 744. The third-order valence-electron chi connectivity index (χ3n) is 4.06. The van der Waals surface area contributed by atoms with Crippen LogP contribution in [0.4, 0.5) is 10.5 Å². The van der Waals surface area contributed by atoms with E-state index in [4.69, 9.17) is 0 Å². The van der Waals surface area contributed by atoms with Crippen LogP contribution in [-0.2, 0) is 4.79 Å². The molecule has 112 valence electrons. The highest BCUT2D eigenvalue weighted by atomic mass is 32.2. The third-order valence-corrected chi connectivity index (χ3v) is 6.57. The summed E-state index contributed by atoms with van der Waals surface area (Å²) in [6, 6.07) is 10.7. The number of hydrogen-bond donors (Lipinski definition) is 0. The Morgan fingerprint density at radius 1 is 1.14 bits per heavy atom. The fourth-order valence-corrected chi connectivity index (χ4v) is 5.62. The maximum absolute atomic E-state index is 12.8. The summed E-state index contributed by atoms with van der Waals surface area (Å²) in [6.07, 6.45) is 0. The maximum atomic E-state index is 12.8. The number of carbonyl (C=O) groups excluding carboxylic acids is 2. The number of thiophene rings is 1. The monoisotopic (exact) mass is 330 g/mol. The zero-order valence-corrected chi connectivity index (χ0v) is 13.6. The first-order chi connectivity index (χ1) is 10.7. The summed E-state index contributed by atoms with van der Waals surface area (Å²) in [7, 11) is 0. The number of carbonyl (C=O) groups is 2. The van der Waals surface area contributed by atoms with Crippen molar-refractivity contribution in [3.63, 3.8) is 0 Å². The van der Waals surface area contributed by atoms with Gasteiger partial charge in [0.25, 0.3) is 5.91 Å². The second-order valence-corrected chi connectivity index (χ2v) is 7.43. The second kappa shape index (κ2) is 5.14. The minimum absolute atomic E-state index is 0.0461. The first-order valence-electron chi connectivity index (χ1n) is 7.05. The van der Waals surface area contributed by atoms with Crippen molar-refractivity contribution in [3.8, 4) is 0 Å². The van der Waals surface area contributed by atoms with Crippen molar-refractivity contribution in [2.24, 2.45) is 0 Å². The molecule has 0 spiro atoms. The van der Waals surface area contributed by atoms with E-state index in [1.807, 2.05) is 23.6 Å². The molecule has 22 heavy (non-hydrogen) atoms. The lowest BCUT2D eigenvalue weighted by Gasteiger charge is -2.22. The van der Waals surface area contributed by atoms with Crippen LogP contribution in [0.1, 0.15) is 15.8 Å². The van der Waals surface area contributed by atoms with Crippen LogP contribution in [0.3, 0.4) is 0 Å². The van der Waals surface area contributed by atoms with Crippen molar-refractivity contribution in [2.45, 2.75) is 18.3 Å². The Hall–Kier alpha value is -1.79. The molecule has 6 heteroatoms. The minimum Gasteiger partial charge on any atom is -0.294 e. The molecular weight excluding hydrogens is 316 g/mol. The molecule has 1 aromatic carbocycles. The van der Waals surface area contributed by atoms with E-state index in [1.54, 1.807) is 40.1 Å². The standard InChI is InChI=1S/C16H14N2O2S2/c1-10-7-8-21-13(10)15-18-12(9-22-15)14(19)17(16(18)20)11-5-3-2-4-6-11/h2-8,12,15H,9H2,1H3/t12-,15+/m0/s1. The highest BCUT2D eigenvalue weighted by molar-refractivity contribution is 8.00. The number of rotatable bonds is 2. The zero-order valence-electron chi connectivity index (χ0n) is 11.9. The number of thioether (sulfide) groups is 1. The van der Waals surface area contributed by atoms with Gasteiger partial charge in [-0.3, -0.25) is 9.69 Å². The van der Waals surface area contributed by atoms with Gasteiger partial charge in [-0.1, -0.05) is 18.2 Å². The molecule has 3 heterocycles. The number of imide groups is 1. The molecule has 0 aliphatic carbocycles. The Balaban J connectivity index is 1.72. The summed E-state index contributed by atoms with van der Waals surface area (Å²) < 4.78 is 0. The summed E-state index contributed by atoms with van der Waals surface area (Å²) in [6.45, 7) is 2.05. The van der Waals surface area contributed by atoms with Gasteiger partial charge in [0, 0.05) is 10.6 Å². The fraction of sp³-hybridized carbons (Fsp3) is 0.250.